The maximum absolute atomic E-state index is 10.8. The summed E-state index contributed by atoms with van der Waals surface area (Å²) >= 11 is 0. The molecule has 0 radical (unpaired) electrons. The molecule has 0 heterocycles. The molecule has 5 N–H and O–H groups in total. The van der Waals surface area contributed by atoms with Gasteiger partial charge in [0.1, 0.15) is 0 Å². The number of carbonyl (C=O) groups excluding carboxylic acids is 1. The summed E-state index contributed by atoms with van der Waals surface area (Å²) < 4.78 is 0. The molecular formula is C11H18ClN3O. The van der Waals surface area contributed by atoms with Crippen molar-refractivity contribution in [2.75, 3.05) is 11.9 Å². The Labute approximate surface area is 102 Å². The summed E-state index contributed by atoms with van der Waals surface area (Å²) in [5.41, 5.74) is 13.1. The molecule has 1 atom stereocenters. The largest absolute Gasteiger partial charge is 0.330 e. The van der Waals surface area contributed by atoms with Crippen LogP contribution in [0.1, 0.15) is 24.9 Å². The van der Waals surface area contributed by atoms with Crippen molar-refractivity contribution < 1.29 is 4.79 Å². The van der Waals surface area contributed by atoms with E-state index in [9.17, 15) is 4.79 Å². The predicted molar refractivity (Wildman–Crippen MR) is 68.6 cm³/mol. The number of hydrogen-bond donors (Lipinski definition) is 3. The van der Waals surface area contributed by atoms with Gasteiger partial charge in [0.05, 0.1) is 0 Å². The molecule has 0 fully saturated rings. The van der Waals surface area contributed by atoms with Gasteiger partial charge in [-0.25, -0.2) is 0 Å². The van der Waals surface area contributed by atoms with Crippen LogP contribution in [0, 0.1) is 0 Å². The summed E-state index contributed by atoms with van der Waals surface area (Å²) in [5.74, 6) is -0.0750. The molecule has 0 unspecified atom stereocenters. The van der Waals surface area contributed by atoms with Gasteiger partial charge in [0.15, 0.2) is 0 Å². The predicted octanol–water partition coefficient (Wildman–Crippen LogP) is 1.42. The van der Waals surface area contributed by atoms with Crippen LogP contribution in [-0.2, 0) is 4.79 Å². The molecule has 1 rings (SSSR count). The molecule has 0 spiro atoms. The van der Waals surface area contributed by atoms with E-state index in [-0.39, 0.29) is 24.4 Å². The molecule has 0 aliphatic rings. The number of nitrogens with two attached hydrogens (primary N) is 2. The summed E-state index contributed by atoms with van der Waals surface area (Å²) in [6.45, 7) is 2.06. The first-order valence-electron chi connectivity index (χ1n) is 4.96. The van der Waals surface area contributed by atoms with E-state index < -0.39 is 0 Å². The minimum absolute atomic E-state index is 0. The van der Waals surface area contributed by atoms with Gasteiger partial charge in [-0.3, -0.25) is 4.79 Å². The van der Waals surface area contributed by atoms with E-state index in [4.69, 9.17) is 11.5 Å². The summed E-state index contributed by atoms with van der Waals surface area (Å²) in [5, 5.41) is 2.70. The number of carbonyl (C=O) groups is 1. The molecule has 16 heavy (non-hydrogen) atoms. The standard InChI is InChI=1S/C11H17N3O.ClH/c1-8(15)14-10-4-2-9(3-5-10)11(13)6-7-12;/h2-5,11H,6-7,12-13H2,1H3,(H,14,15);1H/t11-;/m0./s1. The minimum Gasteiger partial charge on any atom is -0.330 e. The molecule has 0 bridgehead atoms. The zero-order chi connectivity index (χ0) is 11.3. The molecule has 5 heteroatoms. The van der Waals surface area contributed by atoms with Crippen molar-refractivity contribution in [3.05, 3.63) is 29.8 Å². The molecule has 90 valence electrons. The highest BCUT2D eigenvalue weighted by Gasteiger charge is 2.04. The Bertz CT molecular complexity index is 327. The van der Waals surface area contributed by atoms with Crippen molar-refractivity contribution in [3.63, 3.8) is 0 Å². The fraction of sp³-hybridized carbons (Fsp3) is 0.364. The molecule has 1 amide bonds. The molecule has 0 saturated heterocycles. The van der Waals surface area contributed by atoms with Crippen LogP contribution in [0.4, 0.5) is 5.69 Å². The fourth-order valence-corrected chi connectivity index (χ4v) is 1.36. The maximum atomic E-state index is 10.8. The van der Waals surface area contributed by atoms with Crippen molar-refractivity contribution in [1.82, 2.24) is 0 Å². The number of hydrogen-bond acceptors (Lipinski definition) is 3. The van der Waals surface area contributed by atoms with Crippen molar-refractivity contribution in [3.8, 4) is 0 Å². The van der Waals surface area contributed by atoms with Gasteiger partial charge in [-0.15, -0.1) is 12.4 Å². The van der Waals surface area contributed by atoms with Gasteiger partial charge in [-0.05, 0) is 30.7 Å². The van der Waals surface area contributed by atoms with Crippen LogP contribution in [0.25, 0.3) is 0 Å². The molecule has 0 aromatic heterocycles. The molecular weight excluding hydrogens is 226 g/mol. The van der Waals surface area contributed by atoms with Crippen LogP contribution in [-0.4, -0.2) is 12.5 Å². The number of rotatable bonds is 4. The van der Waals surface area contributed by atoms with E-state index in [0.717, 1.165) is 17.7 Å². The van der Waals surface area contributed by atoms with Crippen LogP contribution < -0.4 is 16.8 Å². The van der Waals surface area contributed by atoms with E-state index in [1.165, 1.54) is 6.92 Å². The molecule has 1 aromatic carbocycles. The lowest BCUT2D eigenvalue weighted by atomic mass is 10.0. The highest BCUT2D eigenvalue weighted by molar-refractivity contribution is 5.88. The van der Waals surface area contributed by atoms with Crippen molar-refractivity contribution in [2.45, 2.75) is 19.4 Å². The fourth-order valence-electron chi connectivity index (χ4n) is 1.36. The zero-order valence-electron chi connectivity index (χ0n) is 9.27. The average molecular weight is 244 g/mol. The van der Waals surface area contributed by atoms with Gasteiger partial charge in [0, 0.05) is 18.7 Å². The molecule has 4 nitrogen and oxygen atoms in total. The first-order chi connectivity index (χ1) is 7.13. The zero-order valence-corrected chi connectivity index (χ0v) is 10.1. The van der Waals surface area contributed by atoms with Crippen LogP contribution in [0.3, 0.4) is 0 Å². The number of amides is 1. The van der Waals surface area contributed by atoms with E-state index >= 15 is 0 Å². The van der Waals surface area contributed by atoms with Gasteiger partial charge in [-0.1, -0.05) is 12.1 Å². The smallest absolute Gasteiger partial charge is 0.221 e. The van der Waals surface area contributed by atoms with Gasteiger partial charge in [0.25, 0.3) is 0 Å². The van der Waals surface area contributed by atoms with E-state index in [1.807, 2.05) is 24.3 Å². The van der Waals surface area contributed by atoms with Crippen LogP contribution in [0.5, 0.6) is 0 Å². The summed E-state index contributed by atoms with van der Waals surface area (Å²) in [7, 11) is 0. The number of nitrogens with one attached hydrogen (secondary N) is 1. The van der Waals surface area contributed by atoms with Gasteiger partial charge < -0.3 is 16.8 Å². The van der Waals surface area contributed by atoms with Gasteiger partial charge in [-0.2, -0.15) is 0 Å². The number of benzene rings is 1. The van der Waals surface area contributed by atoms with Crippen molar-refractivity contribution >= 4 is 24.0 Å². The topological polar surface area (TPSA) is 81.1 Å². The quantitative estimate of drug-likeness (QED) is 0.748. The lowest BCUT2D eigenvalue weighted by Crippen LogP contribution is -2.15. The van der Waals surface area contributed by atoms with Crippen LogP contribution >= 0.6 is 12.4 Å². The van der Waals surface area contributed by atoms with Crippen molar-refractivity contribution in [2.24, 2.45) is 11.5 Å². The maximum Gasteiger partial charge on any atom is 0.221 e. The van der Waals surface area contributed by atoms with E-state index in [2.05, 4.69) is 5.32 Å². The molecule has 1 aromatic rings. The Balaban J connectivity index is 0.00000225. The monoisotopic (exact) mass is 243 g/mol. The van der Waals surface area contributed by atoms with E-state index in [0.29, 0.717) is 6.54 Å². The third-order valence-electron chi connectivity index (χ3n) is 2.14. The Morgan fingerprint density at radius 1 is 1.38 bits per heavy atom. The van der Waals surface area contributed by atoms with Gasteiger partial charge >= 0.3 is 0 Å². The average Bonchev–Trinajstić information content (AvgIpc) is 2.18. The Kier molecular flexibility index (Phi) is 6.72. The second-order valence-electron chi connectivity index (χ2n) is 3.49. The lowest BCUT2D eigenvalue weighted by Gasteiger charge is -2.11. The first kappa shape index (κ1) is 14.9. The van der Waals surface area contributed by atoms with Crippen LogP contribution in [0.15, 0.2) is 24.3 Å². The molecule has 0 saturated carbocycles. The highest BCUT2D eigenvalue weighted by Crippen LogP contribution is 2.16. The Morgan fingerprint density at radius 2 is 1.94 bits per heavy atom. The summed E-state index contributed by atoms with van der Waals surface area (Å²) in [6.07, 6.45) is 0.763. The third kappa shape index (κ3) is 4.61. The Morgan fingerprint density at radius 3 is 2.38 bits per heavy atom. The Hall–Kier alpha value is -1.10. The third-order valence-corrected chi connectivity index (χ3v) is 2.14. The van der Waals surface area contributed by atoms with E-state index in [1.54, 1.807) is 0 Å². The molecule has 0 aliphatic heterocycles. The lowest BCUT2D eigenvalue weighted by molar-refractivity contribution is -0.114. The summed E-state index contributed by atoms with van der Waals surface area (Å²) in [6, 6.07) is 7.47. The highest BCUT2D eigenvalue weighted by atomic mass is 35.5. The van der Waals surface area contributed by atoms with Crippen LogP contribution in [0.2, 0.25) is 0 Å². The normalized spacial score (nSPS) is 11.4. The summed E-state index contributed by atoms with van der Waals surface area (Å²) in [4.78, 5) is 10.8. The van der Waals surface area contributed by atoms with Crippen molar-refractivity contribution in [1.29, 1.82) is 0 Å². The number of anilines is 1. The first-order valence-corrected chi connectivity index (χ1v) is 4.96. The number of halogens is 1. The SMILES string of the molecule is CC(=O)Nc1ccc([C@@H](N)CCN)cc1.Cl. The van der Waals surface area contributed by atoms with Gasteiger partial charge in [0.2, 0.25) is 5.91 Å². The second-order valence-corrected chi connectivity index (χ2v) is 3.49. The second kappa shape index (κ2) is 7.22. The molecule has 0 aliphatic carbocycles. The minimum atomic E-state index is -0.0750.